The lowest BCUT2D eigenvalue weighted by atomic mass is 9.98. The number of nitrogens with zero attached hydrogens (tertiary/aromatic N) is 1. The van der Waals surface area contributed by atoms with Crippen LogP contribution in [-0.4, -0.2) is 0 Å². The smallest absolute Gasteiger partial charge is 0.143 e. The first-order chi connectivity index (χ1) is 24.3. The van der Waals surface area contributed by atoms with Crippen molar-refractivity contribution in [3.05, 3.63) is 176 Å². The summed E-state index contributed by atoms with van der Waals surface area (Å²) in [6.45, 7) is 0. The molecule has 0 unspecified atom stereocenters. The quantitative estimate of drug-likeness (QED) is 0.186. The molecular formula is C46H29NOS. The second kappa shape index (κ2) is 11.2. The number of para-hydroxylation sites is 1. The van der Waals surface area contributed by atoms with Crippen molar-refractivity contribution >= 4 is 81.3 Å². The lowest BCUT2D eigenvalue weighted by Gasteiger charge is -2.29. The molecule has 0 atom stereocenters. The van der Waals surface area contributed by atoms with E-state index in [1.165, 1.54) is 47.8 Å². The van der Waals surface area contributed by atoms with Crippen molar-refractivity contribution in [2.24, 2.45) is 0 Å². The lowest BCUT2D eigenvalue weighted by Crippen LogP contribution is -2.11. The summed E-state index contributed by atoms with van der Waals surface area (Å²) in [7, 11) is 0. The SMILES string of the molecule is c1ccc(-c2ccc(N(c3ccccc3-c3cccc4c3sc3ccccc34)c3cccc4oc5c6ccccc6ccc5c34)cc2)cc1. The van der Waals surface area contributed by atoms with Crippen LogP contribution in [0.15, 0.2) is 180 Å². The van der Waals surface area contributed by atoms with Gasteiger partial charge in [-0.2, -0.15) is 0 Å². The Morgan fingerprint density at radius 3 is 2.00 bits per heavy atom. The highest BCUT2D eigenvalue weighted by atomic mass is 32.1. The second-order valence-corrected chi connectivity index (χ2v) is 13.5. The minimum Gasteiger partial charge on any atom is -0.455 e. The monoisotopic (exact) mass is 643 g/mol. The molecule has 10 rings (SSSR count). The van der Waals surface area contributed by atoms with Gasteiger partial charge in [0.25, 0.3) is 0 Å². The van der Waals surface area contributed by atoms with Crippen molar-refractivity contribution in [2.75, 3.05) is 4.90 Å². The summed E-state index contributed by atoms with van der Waals surface area (Å²) < 4.78 is 9.29. The summed E-state index contributed by atoms with van der Waals surface area (Å²) in [5, 5.41) is 7.10. The highest BCUT2D eigenvalue weighted by Crippen LogP contribution is 2.49. The van der Waals surface area contributed by atoms with E-state index in [0.717, 1.165) is 44.4 Å². The van der Waals surface area contributed by atoms with Crippen molar-refractivity contribution < 1.29 is 4.42 Å². The minimum atomic E-state index is 0.874. The Hall–Kier alpha value is -6.16. The van der Waals surface area contributed by atoms with Crippen LogP contribution in [0.2, 0.25) is 0 Å². The zero-order chi connectivity index (χ0) is 32.3. The average Bonchev–Trinajstić information content (AvgIpc) is 3.75. The molecule has 0 saturated heterocycles. The maximum absolute atomic E-state index is 6.69. The molecular weight excluding hydrogens is 615 g/mol. The summed E-state index contributed by atoms with van der Waals surface area (Å²) in [4.78, 5) is 2.42. The highest BCUT2D eigenvalue weighted by Gasteiger charge is 2.23. The lowest BCUT2D eigenvalue weighted by molar-refractivity contribution is 0.672. The van der Waals surface area contributed by atoms with Crippen LogP contribution in [0.25, 0.3) is 75.1 Å². The Bertz CT molecular complexity index is 2830. The molecule has 2 aromatic heterocycles. The van der Waals surface area contributed by atoms with Crippen molar-refractivity contribution in [1.82, 2.24) is 0 Å². The van der Waals surface area contributed by atoms with Gasteiger partial charge in [-0.3, -0.25) is 0 Å². The van der Waals surface area contributed by atoms with Crippen LogP contribution in [-0.2, 0) is 0 Å². The molecule has 0 aliphatic carbocycles. The number of thiophene rings is 1. The van der Waals surface area contributed by atoms with Gasteiger partial charge in [-0.1, -0.05) is 133 Å². The fourth-order valence-corrected chi connectivity index (χ4v) is 8.65. The van der Waals surface area contributed by atoms with Gasteiger partial charge < -0.3 is 9.32 Å². The van der Waals surface area contributed by atoms with E-state index in [4.69, 9.17) is 4.42 Å². The Labute approximate surface area is 287 Å². The van der Waals surface area contributed by atoms with Gasteiger partial charge in [-0.05, 0) is 59.0 Å². The van der Waals surface area contributed by atoms with Crippen LogP contribution in [0, 0.1) is 0 Å². The molecule has 0 bridgehead atoms. The molecule has 0 aliphatic heterocycles. The second-order valence-electron chi connectivity index (χ2n) is 12.5. The number of hydrogen-bond donors (Lipinski definition) is 0. The van der Waals surface area contributed by atoms with Crippen molar-refractivity contribution in [3.8, 4) is 22.3 Å². The first-order valence-electron chi connectivity index (χ1n) is 16.6. The molecule has 2 nitrogen and oxygen atoms in total. The zero-order valence-corrected chi connectivity index (χ0v) is 27.3. The van der Waals surface area contributed by atoms with E-state index < -0.39 is 0 Å². The van der Waals surface area contributed by atoms with Crippen LogP contribution in [0.1, 0.15) is 0 Å². The number of anilines is 3. The summed E-state index contributed by atoms with van der Waals surface area (Å²) >= 11 is 1.87. The summed E-state index contributed by atoms with van der Waals surface area (Å²) in [6, 6.07) is 63.1. The molecule has 0 spiro atoms. The molecule has 0 saturated carbocycles. The van der Waals surface area contributed by atoms with E-state index in [-0.39, 0.29) is 0 Å². The standard InChI is InChI=1S/C46H29NOS/c1-2-12-30(13-3-1)31-24-27-33(28-25-31)47(41-21-11-22-42-44(41)39-29-26-32-14-4-5-15-34(32)45(39)48-42)40-20-8-6-16-35(40)37-18-10-19-38-36-17-7-9-23-43(36)49-46(37)38/h1-29H. The normalized spacial score (nSPS) is 11.7. The fraction of sp³-hybridized carbons (Fsp3) is 0. The van der Waals surface area contributed by atoms with Gasteiger partial charge in [0.15, 0.2) is 0 Å². The first kappa shape index (κ1) is 27.9. The maximum Gasteiger partial charge on any atom is 0.143 e. The predicted octanol–water partition coefficient (Wildman–Crippen LogP) is 13.9. The minimum absolute atomic E-state index is 0.874. The summed E-state index contributed by atoms with van der Waals surface area (Å²) in [5.41, 5.74) is 9.87. The first-order valence-corrected chi connectivity index (χ1v) is 17.4. The van der Waals surface area contributed by atoms with E-state index in [1.807, 2.05) is 11.3 Å². The van der Waals surface area contributed by atoms with Gasteiger partial charge in [0, 0.05) is 47.8 Å². The van der Waals surface area contributed by atoms with E-state index in [1.54, 1.807) is 0 Å². The molecule has 230 valence electrons. The van der Waals surface area contributed by atoms with Gasteiger partial charge in [-0.25, -0.2) is 0 Å². The van der Waals surface area contributed by atoms with Crippen LogP contribution in [0.5, 0.6) is 0 Å². The van der Waals surface area contributed by atoms with Gasteiger partial charge in [0.2, 0.25) is 0 Å². The van der Waals surface area contributed by atoms with Gasteiger partial charge in [0.1, 0.15) is 11.2 Å². The highest BCUT2D eigenvalue weighted by molar-refractivity contribution is 7.26. The molecule has 2 heterocycles. The van der Waals surface area contributed by atoms with E-state index in [9.17, 15) is 0 Å². The molecule has 0 radical (unpaired) electrons. The third-order valence-corrected chi connectivity index (χ3v) is 10.9. The number of furan rings is 1. The maximum atomic E-state index is 6.69. The number of rotatable bonds is 5. The molecule has 49 heavy (non-hydrogen) atoms. The molecule has 0 aliphatic rings. The molecule has 10 aromatic rings. The van der Waals surface area contributed by atoms with Crippen LogP contribution < -0.4 is 4.90 Å². The molecule has 3 heteroatoms. The summed E-state index contributed by atoms with van der Waals surface area (Å²) in [6.07, 6.45) is 0. The molecule has 0 amide bonds. The Morgan fingerprint density at radius 2 is 1.10 bits per heavy atom. The third kappa shape index (κ3) is 4.47. The van der Waals surface area contributed by atoms with Gasteiger partial charge in [0.05, 0.1) is 16.8 Å². The fourth-order valence-electron chi connectivity index (χ4n) is 7.42. The number of benzene rings is 8. The Balaban J connectivity index is 1.25. The van der Waals surface area contributed by atoms with Crippen LogP contribution >= 0.6 is 11.3 Å². The topological polar surface area (TPSA) is 16.4 Å². The molecule has 0 N–H and O–H groups in total. The summed E-state index contributed by atoms with van der Waals surface area (Å²) in [5.74, 6) is 0. The number of hydrogen-bond acceptors (Lipinski definition) is 3. The molecule has 0 fully saturated rings. The number of fused-ring (bicyclic) bond motifs is 8. The van der Waals surface area contributed by atoms with Gasteiger partial charge in [-0.15, -0.1) is 11.3 Å². The van der Waals surface area contributed by atoms with Crippen molar-refractivity contribution in [1.29, 1.82) is 0 Å². The predicted molar refractivity (Wildman–Crippen MR) is 210 cm³/mol. The Morgan fingerprint density at radius 1 is 0.429 bits per heavy atom. The Kier molecular flexibility index (Phi) is 6.39. The van der Waals surface area contributed by atoms with E-state index in [0.29, 0.717) is 0 Å². The zero-order valence-electron chi connectivity index (χ0n) is 26.5. The third-order valence-electron chi connectivity index (χ3n) is 9.68. The molecule has 8 aromatic carbocycles. The van der Waals surface area contributed by atoms with Crippen LogP contribution in [0.4, 0.5) is 17.1 Å². The van der Waals surface area contributed by atoms with Crippen molar-refractivity contribution in [2.45, 2.75) is 0 Å². The van der Waals surface area contributed by atoms with Crippen LogP contribution in [0.3, 0.4) is 0 Å². The van der Waals surface area contributed by atoms with Crippen molar-refractivity contribution in [3.63, 3.8) is 0 Å². The van der Waals surface area contributed by atoms with Gasteiger partial charge >= 0.3 is 0 Å². The van der Waals surface area contributed by atoms with E-state index in [2.05, 4.69) is 181 Å². The largest absolute Gasteiger partial charge is 0.455 e. The average molecular weight is 644 g/mol. The van der Waals surface area contributed by atoms with E-state index >= 15 is 0 Å².